The van der Waals surface area contributed by atoms with Crippen molar-refractivity contribution in [2.75, 3.05) is 26.4 Å². The first-order chi connectivity index (χ1) is 40.9. The Morgan fingerprint density at radius 1 is 0.274 bits per heavy atom. The third kappa shape index (κ3) is 10.6. The summed E-state index contributed by atoms with van der Waals surface area (Å²) in [5.74, 6) is -3.76. The van der Waals surface area contributed by atoms with Crippen molar-refractivity contribution < 1.29 is 57.3 Å². The van der Waals surface area contributed by atoms with Crippen LogP contribution in [0.4, 0.5) is 0 Å². The minimum Gasteiger partial charge on any atom is -0.493 e. The van der Waals surface area contributed by atoms with Crippen molar-refractivity contribution in [3.05, 3.63) is 140 Å². The Hall–Kier alpha value is -8.40. The fraction of sp³-hybridized carbons (Fsp3) is 0.412. The summed E-state index contributed by atoms with van der Waals surface area (Å²) in [4.78, 5) is 124. The highest BCUT2D eigenvalue weighted by atomic mass is 16.5. The van der Waals surface area contributed by atoms with Gasteiger partial charge in [-0.3, -0.25) is 58.0 Å². The van der Waals surface area contributed by atoms with E-state index in [0.717, 1.165) is 96.6 Å². The quantitative estimate of drug-likeness (QED) is 0.0413. The van der Waals surface area contributed by atoms with Gasteiger partial charge < -0.3 is 18.9 Å². The summed E-state index contributed by atoms with van der Waals surface area (Å²) in [7, 11) is 0. The number of carbonyl (C=O) groups excluding carboxylic acids is 8. The van der Waals surface area contributed by atoms with E-state index in [2.05, 4.69) is 27.7 Å². The van der Waals surface area contributed by atoms with Gasteiger partial charge in [-0.05, 0) is 98.5 Å². The largest absolute Gasteiger partial charge is 0.493 e. The summed E-state index contributed by atoms with van der Waals surface area (Å²) < 4.78 is 26.2. The average molecular weight is 1140 g/mol. The lowest BCUT2D eigenvalue weighted by atomic mass is 9.85. The van der Waals surface area contributed by atoms with E-state index in [1.165, 1.54) is 48.5 Å². The van der Waals surface area contributed by atoms with Crippen LogP contribution in [0, 0.1) is 0 Å². The van der Waals surface area contributed by atoms with Gasteiger partial charge in [0.15, 0.2) is 0 Å². The highest BCUT2D eigenvalue weighted by molar-refractivity contribution is 6.34. The first-order valence-corrected chi connectivity index (χ1v) is 30.4. The molecule has 0 atom stereocenters. The topological polar surface area (TPSA) is 186 Å². The van der Waals surface area contributed by atoms with Gasteiger partial charge in [-0.25, -0.2) is 0 Å². The van der Waals surface area contributed by atoms with Crippen molar-refractivity contribution in [2.24, 2.45) is 0 Å². The van der Waals surface area contributed by atoms with Crippen LogP contribution in [-0.4, -0.2) is 93.3 Å². The Morgan fingerprint density at radius 2 is 0.452 bits per heavy atom. The molecule has 0 fully saturated rings. The molecule has 28 rings (SSSR count). The fourth-order valence-corrected chi connectivity index (χ4v) is 12.4. The third-order valence-corrected chi connectivity index (χ3v) is 16.9. The van der Waals surface area contributed by atoms with Crippen LogP contribution in [0.25, 0.3) is 21.5 Å². The van der Waals surface area contributed by atoms with Crippen molar-refractivity contribution in [3.63, 3.8) is 0 Å². The zero-order chi connectivity index (χ0) is 58.8. The summed E-state index contributed by atoms with van der Waals surface area (Å²) in [5.41, 5.74) is 2.90. The van der Waals surface area contributed by atoms with E-state index in [9.17, 15) is 38.4 Å². The maximum atomic E-state index is 15.0. The van der Waals surface area contributed by atoms with Crippen LogP contribution < -0.4 is 18.9 Å². The normalized spacial score (nSPS) is 15.3. The highest BCUT2D eigenvalue weighted by Crippen LogP contribution is 2.44. The van der Waals surface area contributed by atoms with Gasteiger partial charge in [0.25, 0.3) is 47.3 Å². The second-order valence-electron chi connectivity index (χ2n) is 22.7. The molecule has 0 unspecified atom stereocenters. The number of carbonyl (C=O) groups is 8. The Balaban J connectivity index is 1.08. The van der Waals surface area contributed by atoms with Crippen LogP contribution in [0.3, 0.4) is 0 Å². The number of hydrogen-bond donors (Lipinski definition) is 0. The summed E-state index contributed by atoms with van der Waals surface area (Å²) in [6.45, 7) is 8.59. The van der Waals surface area contributed by atoms with Crippen LogP contribution >= 0.6 is 0 Å². The van der Waals surface area contributed by atoms with Gasteiger partial charge in [0.05, 0.1) is 52.6 Å². The molecule has 16 heteroatoms. The zero-order valence-electron chi connectivity index (χ0n) is 48.6. The molecular formula is C68H72N4O12. The van der Waals surface area contributed by atoms with E-state index >= 15 is 0 Å². The van der Waals surface area contributed by atoms with Crippen molar-refractivity contribution in [3.8, 4) is 23.0 Å². The maximum Gasteiger partial charge on any atom is 0.261 e. The lowest BCUT2D eigenvalue weighted by Gasteiger charge is -2.33. The van der Waals surface area contributed by atoms with Gasteiger partial charge >= 0.3 is 0 Å². The van der Waals surface area contributed by atoms with Crippen LogP contribution in [0.15, 0.2) is 72.8 Å². The van der Waals surface area contributed by atoms with Crippen molar-refractivity contribution in [1.29, 1.82) is 0 Å². The van der Waals surface area contributed by atoms with E-state index < -0.39 is 47.3 Å². The van der Waals surface area contributed by atoms with Gasteiger partial charge in [-0.1, -0.05) is 105 Å². The molecule has 22 aliphatic heterocycles. The maximum absolute atomic E-state index is 15.0. The molecule has 84 heavy (non-hydrogen) atoms. The molecule has 0 aromatic heterocycles. The molecule has 0 aliphatic carbocycles. The summed E-state index contributed by atoms with van der Waals surface area (Å²) in [5, 5.41) is 0.855. The standard InChI is InChI=1S/C68H72N4O12/c1-5-9-13-17-29-81-53-33-42-38-70-63(75)47-25-27-51-60-52(28-26-48(58(47)60)64(70)76)68(80)72(67(51)79)40-44-36-55(83-31-19-15-11-7-3)43(35-56(44)84-32-20-16-12-8-4)39-71-65(77)49-23-21-45-57-46(22-24-50(59(49)57)66(71)78)62(74)69(61(45)73)37-41(53)34-54(42)82-30-18-14-10-6-2/h21-28,33-36H,5-20,29-32,37-40H2,1-4H3. The van der Waals surface area contributed by atoms with E-state index in [0.29, 0.717) is 97.4 Å². The number of rotatable bonds is 24. The SMILES string of the molecule is CCCCCCOc1cc2c(OCCCCCC)cc1CN1C(=O)c3ccc4c5c(ccc(c35)C1=O)C(=O)N(Cc1cc(OCCCCCC)c(cc1OCCCCCC)CN1C(=O)c3ccc5c6c(ccc(c36)C1=O)C(=O)N(C2)C5=O)C4=O. The Morgan fingerprint density at radius 3 is 0.619 bits per heavy atom. The van der Waals surface area contributed by atoms with Gasteiger partial charge in [-0.15, -0.1) is 0 Å². The van der Waals surface area contributed by atoms with Gasteiger partial charge in [-0.2, -0.15) is 0 Å². The van der Waals surface area contributed by atoms with Crippen molar-refractivity contribution in [1.82, 2.24) is 19.6 Å². The Labute approximate surface area is 489 Å². The van der Waals surface area contributed by atoms with E-state index in [1.807, 2.05) is 0 Å². The summed E-state index contributed by atoms with van der Waals surface area (Å²) >= 11 is 0. The highest BCUT2D eigenvalue weighted by Gasteiger charge is 2.43. The number of ether oxygens (including phenoxy) is 4. The minimum atomic E-state index is -0.631. The molecule has 0 N–H and O–H groups in total. The van der Waals surface area contributed by atoms with Crippen LogP contribution in [0.1, 0.15) is 236 Å². The Kier molecular flexibility index (Phi) is 17.0. The Bertz CT molecular complexity index is 3080. The van der Waals surface area contributed by atoms with E-state index in [-0.39, 0.29) is 92.2 Å². The molecule has 0 saturated carbocycles. The molecule has 22 heterocycles. The zero-order valence-corrected chi connectivity index (χ0v) is 48.6. The third-order valence-electron chi connectivity index (χ3n) is 16.9. The second kappa shape index (κ2) is 24.8. The van der Waals surface area contributed by atoms with Crippen LogP contribution in [0.2, 0.25) is 0 Å². The van der Waals surface area contributed by atoms with Crippen molar-refractivity contribution in [2.45, 2.75) is 157 Å². The summed E-state index contributed by atoms with van der Waals surface area (Å²) in [6.07, 6.45) is 14.4. The molecule has 22 aliphatic rings. The molecule has 0 saturated heterocycles. The lowest BCUT2D eigenvalue weighted by molar-refractivity contribution is 0.0573. The molecule has 6 aromatic rings. The van der Waals surface area contributed by atoms with Crippen LogP contribution in [0.5, 0.6) is 23.0 Å². The average Bonchev–Trinajstić information content (AvgIpc) is 0.971. The molecule has 6 aromatic carbocycles. The molecule has 0 radical (unpaired) electrons. The first kappa shape index (κ1) is 57.4. The molecule has 20 bridgehead atoms. The molecule has 436 valence electrons. The predicted molar refractivity (Wildman–Crippen MR) is 316 cm³/mol. The summed E-state index contributed by atoms with van der Waals surface area (Å²) in [6, 6.07) is 19.1. The number of nitrogens with zero attached hydrogens (tertiary/aromatic N) is 4. The fourth-order valence-electron chi connectivity index (χ4n) is 12.4. The predicted octanol–water partition coefficient (Wildman–Crippen LogP) is 13.3. The van der Waals surface area contributed by atoms with Gasteiger partial charge in [0, 0.05) is 88.3 Å². The van der Waals surface area contributed by atoms with Crippen molar-refractivity contribution >= 4 is 68.8 Å². The number of unbranched alkanes of at least 4 members (excludes halogenated alkanes) is 12. The molecule has 8 amide bonds. The molecular weight excluding hydrogens is 1060 g/mol. The number of imide groups is 4. The number of benzene rings is 6. The second-order valence-corrected chi connectivity index (χ2v) is 22.7. The van der Waals surface area contributed by atoms with E-state index in [4.69, 9.17) is 18.9 Å². The minimum absolute atomic E-state index is 0.143. The lowest BCUT2D eigenvalue weighted by Crippen LogP contribution is -2.43. The molecule has 0 spiro atoms. The molecule has 16 nitrogen and oxygen atoms in total. The van der Waals surface area contributed by atoms with E-state index in [1.54, 1.807) is 24.3 Å². The number of amides is 8. The van der Waals surface area contributed by atoms with Gasteiger partial charge in [0.1, 0.15) is 23.0 Å². The van der Waals surface area contributed by atoms with Crippen LogP contribution in [-0.2, 0) is 26.2 Å². The first-order valence-electron chi connectivity index (χ1n) is 30.4. The number of hydrogen-bond acceptors (Lipinski definition) is 12. The van der Waals surface area contributed by atoms with Gasteiger partial charge in [0.2, 0.25) is 0 Å². The monoisotopic (exact) mass is 1140 g/mol. The smallest absolute Gasteiger partial charge is 0.261 e.